The summed E-state index contributed by atoms with van der Waals surface area (Å²) in [5.74, 6) is 6.15. The van der Waals surface area contributed by atoms with Crippen molar-refractivity contribution in [2.75, 3.05) is 0 Å². The molecule has 5 rings (SSSR count). The van der Waals surface area contributed by atoms with E-state index in [-0.39, 0.29) is 11.3 Å². The van der Waals surface area contributed by atoms with Crippen molar-refractivity contribution in [2.45, 2.75) is 106 Å². The lowest BCUT2D eigenvalue weighted by Gasteiger charge is -2.56. The third-order valence-electron chi connectivity index (χ3n) is 9.37. The van der Waals surface area contributed by atoms with Crippen molar-refractivity contribution in [2.24, 2.45) is 46.8 Å². The van der Waals surface area contributed by atoms with Crippen molar-refractivity contribution in [1.29, 1.82) is 0 Å². The molecule has 4 heteroatoms. The number of carbonyl (C=O) groups excluding carboxylic acids is 1. The fourth-order valence-electron chi connectivity index (χ4n) is 8.19. The molecular weight excluding hydrogens is 382 g/mol. The highest BCUT2D eigenvalue weighted by molar-refractivity contribution is 5.81. The van der Waals surface area contributed by atoms with Gasteiger partial charge < -0.3 is 0 Å². The van der Waals surface area contributed by atoms with Crippen molar-refractivity contribution >= 4 is 5.78 Å². The number of aromatic nitrogens is 3. The lowest BCUT2D eigenvalue weighted by molar-refractivity contribution is -0.131. The minimum atomic E-state index is 0.221. The summed E-state index contributed by atoms with van der Waals surface area (Å²) in [6.07, 6.45) is 15.6. The largest absolute Gasteiger partial charge is 0.297 e. The van der Waals surface area contributed by atoms with E-state index < -0.39 is 0 Å². The molecule has 1 heterocycles. The van der Waals surface area contributed by atoms with Gasteiger partial charge in [-0.3, -0.25) is 4.79 Å². The number of ketones is 1. The maximum atomic E-state index is 13.1. The number of carbonyl (C=O) groups is 1. The number of rotatable bonds is 3. The van der Waals surface area contributed by atoms with Crippen LogP contribution in [-0.2, 0) is 11.3 Å². The van der Waals surface area contributed by atoms with Gasteiger partial charge in [-0.15, -0.1) is 0 Å². The number of hydrogen-bond donors (Lipinski definition) is 0. The van der Waals surface area contributed by atoms with Gasteiger partial charge in [0.1, 0.15) is 6.54 Å². The molecule has 6 unspecified atom stereocenters. The second-order valence-corrected chi connectivity index (χ2v) is 10.6. The standard InChI is InChI=1S/C23H35N3O.2C2H6/c1-15-3-5-17-16(13-15)4-6-19-18(17)9-10-23(2)20(19)7-8-21(23)22(27)14-26-24-11-12-25-26;2*1-2/h11-12,15-21H,3-10,13-14H2,1-2H3;2*1-2H3/t15?,16?,17?,18?,19-,20?,21-,23?;;/m1../s1. The summed E-state index contributed by atoms with van der Waals surface area (Å²) in [4.78, 5) is 14.7. The summed E-state index contributed by atoms with van der Waals surface area (Å²) >= 11 is 0. The summed E-state index contributed by atoms with van der Waals surface area (Å²) in [7, 11) is 0. The normalized spacial score (nSPS) is 40.8. The molecule has 176 valence electrons. The average molecular weight is 430 g/mol. The molecule has 0 amide bonds. The van der Waals surface area contributed by atoms with E-state index in [2.05, 4.69) is 24.0 Å². The Kier molecular flexibility index (Phi) is 8.37. The second kappa shape index (κ2) is 10.6. The van der Waals surface area contributed by atoms with E-state index in [1.165, 1.54) is 51.4 Å². The van der Waals surface area contributed by atoms with Crippen molar-refractivity contribution < 1.29 is 4.79 Å². The fourth-order valence-corrected chi connectivity index (χ4v) is 8.19. The van der Waals surface area contributed by atoms with E-state index in [1.54, 1.807) is 17.2 Å². The van der Waals surface area contributed by atoms with Gasteiger partial charge in [0, 0.05) is 5.92 Å². The van der Waals surface area contributed by atoms with Crippen molar-refractivity contribution in [3.8, 4) is 0 Å². The number of fused-ring (bicyclic) bond motifs is 5. The van der Waals surface area contributed by atoms with Crippen LogP contribution in [0.4, 0.5) is 0 Å². The topological polar surface area (TPSA) is 47.8 Å². The molecule has 0 bridgehead atoms. The predicted octanol–water partition coefficient (Wildman–Crippen LogP) is 6.80. The van der Waals surface area contributed by atoms with Gasteiger partial charge in [0.2, 0.25) is 0 Å². The Morgan fingerprint density at radius 1 is 0.903 bits per heavy atom. The number of hydrogen-bond acceptors (Lipinski definition) is 3. The molecule has 0 spiro atoms. The van der Waals surface area contributed by atoms with Gasteiger partial charge >= 0.3 is 0 Å². The summed E-state index contributed by atoms with van der Waals surface area (Å²) < 4.78 is 0. The molecule has 4 aliphatic rings. The van der Waals surface area contributed by atoms with Crippen LogP contribution in [-0.4, -0.2) is 20.8 Å². The Labute approximate surface area is 191 Å². The first-order chi connectivity index (χ1) is 15.1. The van der Waals surface area contributed by atoms with E-state index in [1.807, 2.05) is 27.7 Å². The van der Waals surface area contributed by atoms with Crippen LogP contribution < -0.4 is 0 Å². The first kappa shape index (κ1) is 24.5. The van der Waals surface area contributed by atoms with E-state index in [0.29, 0.717) is 12.3 Å². The lowest BCUT2D eigenvalue weighted by atomic mass is 9.49. The molecule has 0 aromatic carbocycles. The highest BCUT2D eigenvalue weighted by Crippen LogP contribution is 2.64. The van der Waals surface area contributed by atoms with Crippen LogP contribution in [0.2, 0.25) is 0 Å². The smallest absolute Gasteiger partial charge is 0.159 e. The molecule has 4 nitrogen and oxygen atoms in total. The molecular formula is C27H47N3O. The SMILES string of the molecule is CC.CC.CC1CCC2C(CC[C@@H]3C2CCC2(C)C3CC[C@@H]2C(=O)Cn2nccn2)C1. The van der Waals surface area contributed by atoms with Crippen molar-refractivity contribution in [1.82, 2.24) is 15.0 Å². The second-order valence-electron chi connectivity index (χ2n) is 10.6. The molecule has 4 saturated carbocycles. The maximum Gasteiger partial charge on any atom is 0.159 e. The lowest BCUT2D eigenvalue weighted by Crippen LogP contribution is -2.49. The average Bonchev–Trinajstić information content (AvgIpc) is 3.43. The van der Waals surface area contributed by atoms with E-state index in [0.717, 1.165) is 41.9 Å². The predicted molar refractivity (Wildman–Crippen MR) is 127 cm³/mol. The van der Waals surface area contributed by atoms with Gasteiger partial charge in [-0.05, 0) is 92.3 Å². The molecule has 0 saturated heterocycles. The van der Waals surface area contributed by atoms with Crippen molar-refractivity contribution in [3.63, 3.8) is 0 Å². The Hall–Kier alpha value is -1.19. The highest BCUT2D eigenvalue weighted by atomic mass is 16.1. The summed E-state index contributed by atoms with van der Waals surface area (Å²) in [5, 5.41) is 8.31. The van der Waals surface area contributed by atoms with Gasteiger partial charge in [0.05, 0.1) is 12.4 Å². The van der Waals surface area contributed by atoms with Gasteiger partial charge in [0.15, 0.2) is 5.78 Å². The molecule has 1 aromatic heterocycles. The Morgan fingerprint density at radius 2 is 1.58 bits per heavy atom. The molecule has 31 heavy (non-hydrogen) atoms. The molecule has 4 aliphatic carbocycles. The van der Waals surface area contributed by atoms with Gasteiger partial charge in [-0.25, -0.2) is 0 Å². The van der Waals surface area contributed by atoms with E-state index in [9.17, 15) is 4.79 Å². The zero-order valence-corrected chi connectivity index (χ0v) is 21.0. The van der Waals surface area contributed by atoms with Gasteiger partial charge in [-0.1, -0.05) is 48.0 Å². The highest BCUT2D eigenvalue weighted by Gasteiger charge is 2.58. The third kappa shape index (κ3) is 4.64. The molecule has 0 radical (unpaired) electrons. The Morgan fingerprint density at radius 3 is 2.29 bits per heavy atom. The van der Waals surface area contributed by atoms with Crippen LogP contribution in [0, 0.1) is 46.8 Å². The van der Waals surface area contributed by atoms with Gasteiger partial charge in [-0.2, -0.15) is 15.0 Å². The first-order valence-corrected chi connectivity index (χ1v) is 13.4. The Bertz CT molecular complexity index is 687. The van der Waals surface area contributed by atoms with Crippen LogP contribution in [0.25, 0.3) is 0 Å². The quantitative estimate of drug-likeness (QED) is 0.530. The summed E-state index contributed by atoms with van der Waals surface area (Å²) in [6.45, 7) is 13.3. The molecule has 0 N–H and O–H groups in total. The summed E-state index contributed by atoms with van der Waals surface area (Å²) in [6, 6.07) is 0. The zero-order chi connectivity index (χ0) is 22.6. The zero-order valence-electron chi connectivity index (χ0n) is 21.0. The first-order valence-electron chi connectivity index (χ1n) is 13.4. The number of Topliss-reactive ketones (excluding diaryl/α,β-unsaturated/α-hetero) is 1. The maximum absolute atomic E-state index is 13.1. The molecule has 8 atom stereocenters. The van der Waals surface area contributed by atoms with Crippen LogP contribution in [0.3, 0.4) is 0 Å². The third-order valence-corrected chi connectivity index (χ3v) is 9.37. The number of nitrogens with zero attached hydrogens (tertiary/aromatic N) is 3. The van der Waals surface area contributed by atoms with E-state index >= 15 is 0 Å². The summed E-state index contributed by atoms with van der Waals surface area (Å²) in [5.41, 5.74) is 0.222. The molecule has 0 aliphatic heterocycles. The monoisotopic (exact) mass is 429 g/mol. The fraction of sp³-hybridized carbons (Fsp3) is 0.889. The Balaban J connectivity index is 0.000000645. The molecule has 1 aromatic rings. The van der Waals surface area contributed by atoms with Crippen molar-refractivity contribution in [3.05, 3.63) is 12.4 Å². The molecule has 4 fully saturated rings. The minimum Gasteiger partial charge on any atom is -0.297 e. The van der Waals surface area contributed by atoms with Crippen LogP contribution in [0.5, 0.6) is 0 Å². The van der Waals surface area contributed by atoms with Crippen LogP contribution in [0.15, 0.2) is 12.4 Å². The van der Waals surface area contributed by atoms with Gasteiger partial charge in [0.25, 0.3) is 0 Å². The van der Waals surface area contributed by atoms with Crippen LogP contribution >= 0.6 is 0 Å². The minimum absolute atomic E-state index is 0.221. The van der Waals surface area contributed by atoms with E-state index in [4.69, 9.17) is 0 Å². The van der Waals surface area contributed by atoms with Crippen LogP contribution in [0.1, 0.15) is 99.3 Å².